The molecule has 0 spiro atoms. The zero-order valence-electron chi connectivity index (χ0n) is 14.6. The van der Waals surface area contributed by atoms with Crippen molar-refractivity contribution in [3.8, 4) is 11.5 Å². The first-order valence-electron chi connectivity index (χ1n) is 8.05. The monoisotopic (exact) mass is 358 g/mol. The van der Waals surface area contributed by atoms with E-state index >= 15 is 0 Å². The lowest BCUT2D eigenvalue weighted by Crippen LogP contribution is -2.15. The van der Waals surface area contributed by atoms with Crippen molar-refractivity contribution in [2.24, 2.45) is 0 Å². The molecule has 0 fully saturated rings. The topological polar surface area (TPSA) is 73.6 Å². The lowest BCUT2D eigenvalue weighted by atomic mass is 9.87. The summed E-state index contributed by atoms with van der Waals surface area (Å²) in [6, 6.07) is 11.7. The number of thioether (sulfide) groups is 1. The molecule has 1 aliphatic rings. The molecule has 2 aromatic carbocycles. The van der Waals surface area contributed by atoms with Crippen LogP contribution in [0, 0.1) is 0 Å². The lowest BCUT2D eigenvalue weighted by Gasteiger charge is -2.19. The van der Waals surface area contributed by atoms with Crippen LogP contribution in [0.3, 0.4) is 0 Å². The molecule has 0 radical (unpaired) electrons. The van der Waals surface area contributed by atoms with E-state index in [2.05, 4.69) is 38.2 Å². The van der Waals surface area contributed by atoms with Crippen molar-refractivity contribution in [1.29, 1.82) is 0 Å². The van der Waals surface area contributed by atoms with E-state index in [1.807, 2.05) is 12.1 Å². The summed E-state index contributed by atoms with van der Waals surface area (Å²) in [6.45, 7) is 6.71. The molecule has 0 saturated heterocycles. The normalized spacial score (nSPS) is 12.9. The van der Waals surface area contributed by atoms with Gasteiger partial charge >= 0.3 is 0 Å². The van der Waals surface area contributed by atoms with Gasteiger partial charge in [-0.25, -0.2) is 0 Å². The number of carbonyl (C=O) groups is 1. The SMILES string of the molecule is CC(C)(C)c1ccc(SCC(=O)Nc2cc3c(cc2N)OCO3)cc1. The van der Waals surface area contributed by atoms with Gasteiger partial charge in [-0.1, -0.05) is 32.9 Å². The Hall–Kier alpha value is -2.34. The van der Waals surface area contributed by atoms with Crippen molar-refractivity contribution in [3.05, 3.63) is 42.0 Å². The van der Waals surface area contributed by atoms with Gasteiger partial charge in [-0.3, -0.25) is 4.79 Å². The fraction of sp³-hybridized carbons (Fsp3) is 0.316. The highest BCUT2D eigenvalue weighted by molar-refractivity contribution is 8.00. The maximum atomic E-state index is 12.2. The van der Waals surface area contributed by atoms with Gasteiger partial charge < -0.3 is 20.5 Å². The molecule has 25 heavy (non-hydrogen) atoms. The minimum absolute atomic E-state index is 0.115. The zero-order chi connectivity index (χ0) is 18.0. The summed E-state index contributed by atoms with van der Waals surface area (Å²) in [5.74, 6) is 1.39. The van der Waals surface area contributed by atoms with Gasteiger partial charge in [0.2, 0.25) is 12.7 Å². The Bertz CT molecular complexity index is 782. The maximum absolute atomic E-state index is 12.2. The number of benzene rings is 2. The summed E-state index contributed by atoms with van der Waals surface area (Å²) >= 11 is 1.49. The third-order valence-electron chi connectivity index (χ3n) is 3.91. The van der Waals surface area contributed by atoms with Crippen molar-refractivity contribution in [2.45, 2.75) is 31.1 Å². The van der Waals surface area contributed by atoms with Crippen LogP contribution >= 0.6 is 11.8 Å². The van der Waals surface area contributed by atoms with Gasteiger partial charge in [-0.15, -0.1) is 11.8 Å². The Labute approximate surface area is 151 Å². The molecule has 6 heteroatoms. The molecule has 0 unspecified atom stereocenters. The Morgan fingerprint density at radius 3 is 2.44 bits per heavy atom. The largest absolute Gasteiger partial charge is 0.454 e. The third-order valence-corrected chi connectivity index (χ3v) is 4.92. The van der Waals surface area contributed by atoms with Crippen molar-refractivity contribution in [1.82, 2.24) is 0 Å². The lowest BCUT2D eigenvalue weighted by molar-refractivity contribution is -0.113. The quantitative estimate of drug-likeness (QED) is 0.638. The summed E-state index contributed by atoms with van der Waals surface area (Å²) in [7, 11) is 0. The van der Waals surface area contributed by atoms with Crippen LogP contribution in [0.15, 0.2) is 41.3 Å². The zero-order valence-corrected chi connectivity index (χ0v) is 15.4. The number of nitrogens with one attached hydrogen (secondary N) is 1. The average Bonchev–Trinajstić information content (AvgIpc) is 3.00. The van der Waals surface area contributed by atoms with E-state index in [1.54, 1.807) is 12.1 Å². The average molecular weight is 358 g/mol. The molecule has 0 atom stereocenters. The van der Waals surface area contributed by atoms with Gasteiger partial charge in [0, 0.05) is 17.0 Å². The fourth-order valence-corrected chi connectivity index (χ4v) is 3.15. The van der Waals surface area contributed by atoms with E-state index in [4.69, 9.17) is 15.2 Å². The molecule has 0 saturated carbocycles. The molecule has 0 bridgehead atoms. The number of ether oxygens (including phenoxy) is 2. The predicted molar refractivity (Wildman–Crippen MR) is 101 cm³/mol. The van der Waals surface area contributed by atoms with Crippen LogP contribution in [0.1, 0.15) is 26.3 Å². The van der Waals surface area contributed by atoms with Gasteiger partial charge in [0.15, 0.2) is 11.5 Å². The van der Waals surface area contributed by atoms with Gasteiger partial charge in [-0.05, 0) is 23.1 Å². The van der Waals surface area contributed by atoms with Crippen LogP contribution in [0.4, 0.5) is 11.4 Å². The highest BCUT2D eigenvalue weighted by atomic mass is 32.2. The molecule has 2 aromatic rings. The van der Waals surface area contributed by atoms with Crippen molar-refractivity contribution < 1.29 is 14.3 Å². The number of nitrogen functional groups attached to an aromatic ring is 1. The highest BCUT2D eigenvalue weighted by Crippen LogP contribution is 2.38. The molecule has 0 aromatic heterocycles. The van der Waals surface area contributed by atoms with Gasteiger partial charge in [0.05, 0.1) is 17.1 Å². The second-order valence-electron chi connectivity index (χ2n) is 6.90. The molecular formula is C19H22N2O3S. The van der Waals surface area contributed by atoms with Gasteiger partial charge in [0.1, 0.15) is 0 Å². The van der Waals surface area contributed by atoms with E-state index < -0.39 is 0 Å². The minimum Gasteiger partial charge on any atom is -0.454 e. The van der Waals surface area contributed by atoms with Crippen molar-refractivity contribution in [3.63, 3.8) is 0 Å². The van der Waals surface area contributed by atoms with Crippen LogP contribution < -0.4 is 20.5 Å². The second kappa shape index (κ2) is 6.88. The first kappa shape index (κ1) is 17.5. The molecule has 3 N–H and O–H groups in total. The molecule has 0 aliphatic carbocycles. The van der Waals surface area contributed by atoms with Crippen molar-refractivity contribution >= 4 is 29.0 Å². The second-order valence-corrected chi connectivity index (χ2v) is 7.95. The number of amides is 1. The van der Waals surface area contributed by atoms with E-state index in [-0.39, 0.29) is 18.1 Å². The molecule has 3 rings (SSSR count). The molecular weight excluding hydrogens is 336 g/mol. The number of anilines is 2. The van der Waals surface area contributed by atoms with E-state index in [0.717, 1.165) is 4.90 Å². The van der Waals surface area contributed by atoms with Crippen LogP contribution in [0.25, 0.3) is 0 Å². The van der Waals surface area contributed by atoms with E-state index in [9.17, 15) is 4.79 Å². The third kappa shape index (κ3) is 4.20. The van der Waals surface area contributed by atoms with Crippen LogP contribution in [0.2, 0.25) is 0 Å². The number of carbonyl (C=O) groups excluding carboxylic acids is 1. The summed E-state index contributed by atoms with van der Waals surface area (Å²) in [5, 5.41) is 2.83. The first-order chi connectivity index (χ1) is 11.8. The van der Waals surface area contributed by atoms with Crippen LogP contribution in [0.5, 0.6) is 11.5 Å². The Morgan fingerprint density at radius 1 is 1.16 bits per heavy atom. The first-order valence-corrected chi connectivity index (χ1v) is 9.04. The number of rotatable bonds is 4. The van der Waals surface area contributed by atoms with Gasteiger partial charge in [0.25, 0.3) is 0 Å². The number of fused-ring (bicyclic) bond motifs is 1. The maximum Gasteiger partial charge on any atom is 0.234 e. The smallest absolute Gasteiger partial charge is 0.234 e. The summed E-state index contributed by atoms with van der Waals surface area (Å²) in [6.07, 6.45) is 0. The van der Waals surface area contributed by atoms with Crippen molar-refractivity contribution in [2.75, 3.05) is 23.6 Å². The molecule has 1 amide bonds. The molecule has 1 heterocycles. The van der Waals surface area contributed by atoms with Crippen LogP contribution in [-0.4, -0.2) is 18.5 Å². The standard InChI is InChI=1S/C19H22N2O3S/c1-19(2,3)12-4-6-13(7-5-12)25-10-18(22)21-15-9-17-16(8-14(15)20)23-11-24-17/h4-9H,10-11,20H2,1-3H3,(H,21,22). The number of nitrogens with two attached hydrogens (primary N) is 1. The Balaban J connectivity index is 1.58. The molecule has 1 aliphatic heterocycles. The Morgan fingerprint density at radius 2 is 1.80 bits per heavy atom. The van der Waals surface area contributed by atoms with Crippen LogP contribution in [-0.2, 0) is 10.2 Å². The highest BCUT2D eigenvalue weighted by Gasteiger charge is 2.17. The number of hydrogen-bond acceptors (Lipinski definition) is 5. The van der Waals surface area contributed by atoms with E-state index in [0.29, 0.717) is 28.6 Å². The minimum atomic E-state index is -0.115. The predicted octanol–water partition coefficient (Wildman–Crippen LogP) is 4.03. The summed E-state index contributed by atoms with van der Waals surface area (Å²) in [5.41, 5.74) is 8.34. The number of hydrogen-bond donors (Lipinski definition) is 2. The summed E-state index contributed by atoms with van der Waals surface area (Å²) < 4.78 is 10.6. The molecule has 132 valence electrons. The van der Waals surface area contributed by atoms with E-state index in [1.165, 1.54) is 17.3 Å². The molecule has 5 nitrogen and oxygen atoms in total. The summed E-state index contributed by atoms with van der Waals surface area (Å²) in [4.78, 5) is 13.3. The van der Waals surface area contributed by atoms with Gasteiger partial charge in [-0.2, -0.15) is 0 Å². The fourth-order valence-electron chi connectivity index (χ4n) is 2.45. The Kier molecular flexibility index (Phi) is 4.81.